The van der Waals surface area contributed by atoms with Gasteiger partial charge in [0.1, 0.15) is 24.1 Å². The number of phenols is 1. The van der Waals surface area contributed by atoms with Gasteiger partial charge in [-0.05, 0) is 69.0 Å². The third kappa shape index (κ3) is 5.70. The number of hydrogen-bond acceptors (Lipinski definition) is 10. The molecule has 7 rings (SSSR count). The van der Waals surface area contributed by atoms with Crippen LogP contribution in [0.15, 0.2) is 42.5 Å². The Kier molecular flexibility index (Phi) is 10.1. The third-order valence-electron chi connectivity index (χ3n) is 10.4. The second-order valence-corrected chi connectivity index (χ2v) is 12.8. The standard InChI is InChI=1S/C37H39N3O7.Ac/c1-20-13-24-14-26-28(16-38)40-27(33(39(26)4)31(24)35(21(20)2)45-18-43-5)15-25-32(37-36(46-19-47-37)22(3)34(25)42)29(40)17-44-30(41)12-11-23-9-7-6-8-10-23;/h6-13,26-29,33,42H,14-15,17-19H2,1-5H3;/b12-11+;/t26-,27?,28-,29-,33-;/m0./s1. The smallest absolute Gasteiger partial charge is 0.330 e. The largest absolute Gasteiger partial charge is 0.507 e. The fourth-order valence-corrected chi connectivity index (χ4v) is 8.09. The number of carbonyl (C=O) groups is 1. The van der Waals surface area contributed by atoms with Gasteiger partial charge in [-0.2, -0.15) is 5.26 Å². The van der Waals surface area contributed by atoms with Crippen LogP contribution in [0, 0.1) is 76.2 Å². The molecule has 0 aromatic heterocycles. The Morgan fingerprint density at radius 3 is 2.56 bits per heavy atom. The van der Waals surface area contributed by atoms with Crippen molar-refractivity contribution in [3.05, 3.63) is 87.0 Å². The monoisotopic (exact) mass is 864 g/mol. The van der Waals surface area contributed by atoms with Crippen LogP contribution in [-0.4, -0.2) is 73.4 Å². The summed E-state index contributed by atoms with van der Waals surface area (Å²) < 4.78 is 29.4. The Morgan fingerprint density at radius 1 is 1.08 bits per heavy atom. The zero-order chi connectivity index (χ0) is 33.0. The van der Waals surface area contributed by atoms with E-state index in [2.05, 4.69) is 42.8 Å². The summed E-state index contributed by atoms with van der Waals surface area (Å²) >= 11 is 0. The number of aromatic hydroxyl groups is 1. The molecule has 247 valence electrons. The summed E-state index contributed by atoms with van der Waals surface area (Å²) in [5, 5.41) is 22.5. The van der Waals surface area contributed by atoms with Crippen LogP contribution >= 0.6 is 0 Å². The molecule has 4 aliphatic heterocycles. The molecule has 1 N–H and O–H groups in total. The molecule has 2 bridgehead atoms. The van der Waals surface area contributed by atoms with E-state index >= 15 is 0 Å². The van der Waals surface area contributed by atoms with Gasteiger partial charge in [0.25, 0.3) is 0 Å². The SMILES string of the molecule is COCOc1c(C)c(C)cc2c1[C@@H]1C3Cc4c(O)c(C)c5c(c4[C@H](COC(=O)/C=C/c4ccccc4)N3[C@@H](C#N)[C@H](C2)N1C)OCO5.[Ac]. The van der Waals surface area contributed by atoms with Gasteiger partial charge in [-0.1, -0.05) is 36.4 Å². The molecular formula is C37H39AcN3O7. The van der Waals surface area contributed by atoms with Gasteiger partial charge in [0, 0.05) is 91.6 Å². The van der Waals surface area contributed by atoms with E-state index in [4.69, 9.17) is 23.7 Å². The van der Waals surface area contributed by atoms with E-state index in [9.17, 15) is 15.2 Å². The Balaban J connectivity index is 0.00000401. The fourth-order valence-electron chi connectivity index (χ4n) is 8.09. The van der Waals surface area contributed by atoms with E-state index in [-0.39, 0.29) is 88.1 Å². The zero-order valence-corrected chi connectivity index (χ0v) is 32.6. The van der Waals surface area contributed by atoms with Gasteiger partial charge in [0.2, 0.25) is 6.79 Å². The first kappa shape index (κ1) is 34.7. The molecule has 0 aliphatic carbocycles. The predicted molar refractivity (Wildman–Crippen MR) is 173 cm³/mol. The molecule has 1 saturated heterocycles. The summed E-state index contributed by atoms with van der Waals surface area (Å²) in [5.41, 5.74) is 7.27. The van der Waals surface area contributed by atoms with Crippen molar-refractivity contribution < 1.29 is 77.6 Å². The summed E-state index contributed by atoms with van der Waals surface area (Å²) in [6.07, 6.45) is 4.21. The first-order valence-electron chi connectivity index (χ1n) is 15.9. The zero-order valence-electron chi connectivity index (χ0n) is 27.9. The van der Waals surface area contributed by atoms with Crippen molar-refractivity contribution in [2.75, 3.05) is 34.4 Å². The number of hydrogen-bond donors (Lipinski definition) is 1. The minimum absolute atomic E-state index is 0. The minimum Gasteiger partial charge on any atom is -0.507 e. The number of aryl methyl sites for hydroxylation is 1. The van der Waals surface area contributed by atoms with Crippen molar-refractivity contribution in [3.8, 4) is 29.1 Å². The topological polar surface area (TPSA) is 114 Å². The van der Waals surface area contributed by atoms with E-state index in [1.54, 1.807) is 13.2 Å². The summed E-state index contributed by atoms with van der Waals surface area (Å²) in [6, 6.07) is 12.7. The molecule has 4 aliphatic rings. The molecule has 1 unspecified atom stereocenters. The van der Waals surface area contributed by atoms with Gasteiger partial charge in [0.15, 0.2) is 18.3 Å². The van der Waals surface area contributed by atoms with Crippen LogP contribution in [0.4, 0.5) is 0 Å². The number of piperazine rings is 1. The van der Waals surface area contributed by atoms with Crippen molar-refractivity contribution >= 4 is 12.0 Å². The Hall–Kier alpha value is -3.12. The van der Waals surface area contributed by atoms with E-state index in [0.29, 0.717) is 41.0 Å². The quantitative estimate of drug-likeness (QED) is 0.197. The number of nitriles is 1. The Bertz CT molecular complexity index is 1810. The van der Waals surface area contributed by atoms with Gasteiger partial charge in [-0.3, -0.25) is 9.80 Å². The summed E-state index contributed by atoms with van der Waals surface area (Å²) in [7, 11) is 3.67. The maximum absolute atomic E-state index is 13.1. The van der Waals surface area contributed by atoms with Crippen LogP contribution < -0.4 is 14.2 Å². The normalized spacial score (nSPS) is 23.8. The molecule has 0 saturated carbocycles. The molecular weight excluding hydrogens is 825 g/mol. The average Bonchev–Trinajstić information content (AvgIpc) is 3.56. The maximum atomic E-state index is 13.1. The van der Waals surface area contributed by atoms with Crippen LogP contribution in [0.25, 0.3) is 6.08 Å². The molecule has 11 heteroatoms. The first-order valence-corrected chi connectivity index (χ1v) is 15.9. The van der Waals surface area contributed by atoms with Crippen LogP contribution in [0.3, 0.4) is 0 Å². The number of esters is 1. The second-order valence-electron chi connectivity index (χ2n) is 12.8. The average molecular weight is 865 g/mol. The number of rotatable bonds is 7. The molecule has 1 fully saturated rings. The molecule has 1 radical (unpaired) electrons. The van der Waals surface area contributed by atoms with Crippen LogP contribution in [-0.2, 0) is 27.1 Å². The molecule has 10 nitrogen and oxygen atoms in total. The summed E-state index contributed by atoms with van der Waals surface area (Å²) in [4.78, 5) is 17.6. The van der Waals surface area contributed by atoms with Crippen LogP contribution in [0.1, 0.15) is 56.6 Å². The summed E-state index contributed by atoms with van der Waals surface area (Å²) in [5.74, 6) is 1.44. The van der Waals surface area contributed by atoms with E-state index in [0.717, 1.165) is 33.6 Å². The second kappa shape index (κ2) is 14.0. The number of likely N-dealkylation sites (N-methyl/N-ethyl adjacent to an activating group) is 1. The third-order valence-corrected chi connectivity index (χ3v) is 10.4. The van der Waals surface area contributed by atoms with Gasteiger partial charge >= 0.3 is 5.97 Å². The molecule has 4 heterocycles. The van der Waals surface area contributed by atoms with E-state index in [1.807, 2.05) is 37.3 Å². The van der Waals surface area contributed by atoms with E-state index < -0.39 is 18.1 Å². The first-order chi connectivity index (χ1) is 22.7. The van der Waals surface area contributed by atoms with Crippen molar-refractivity contribution in [1.29, 1.82) is 5.26 Å². The van der Waals surface area contributed by atoms with Gasteiger partial charge < -0.3 is 28.8 Å². The number of benzene rings is 3. The van der Waals surface area contributed by atoms with Gasteiger partial charge in [0.05, 0.1) is 18.2 Å². The van der Waals surface area contributed by atoms with Crippen molar-refractivity contribution in [1.82, 2.24) is 9.80 Å². The molecule has 3 aromatic rings. The van der Waals surface area contributed by atoms with Gasteiger partial charge in [-0.15, -0.1) is 0 Å². The van der Waals surface area contributed by atoms with Crippen LogP contribution in [0.5, 0.6) is 23.0 Å². The van der Waals surface area contributed by atoms with E-state index in [1.165, 1.54) is 6.08 Å². The molecule has 0 amide bonds. The molecule has 3 aromatic carbocycles. The van der Waals surface area contributed by atoms with Gasteiger partial charge in [-0.25, -0.2) is 4.79 Å². The number of carbonyl (C=O) groups excluding carboxylic acids is 1. The molecule has 5 atom stereocenters. The minimum atomic E-state index is -0.584. The maximum Gasteiger partial charge on any atom is 0.330 e. The fraction of sp³-hybridized carbons (Fsp3) is 0.405. The number of ether oxygens (including phenoxy) is 5. The number of methoxy groups -OCH3 is 1. The predicted octanol–water partition coefficient (Wildman–Crippen LogP) is 5.06. The number of nitrogens with zero attached hydrogens (tertiary/aromatic N) is 3. The van der Waals surface area contributed by atoms with Crippen molar-refractivity contribution in [3.63, 3.8) is 0 Å². The molecule has 48 heavy (non-hydrogen) atoms. The Labute approximate surface area is 316 Å². The Morgan fingerprint density at radius 2 is 1.83 bits per heavy atom. The number of phenolic OH excluding ortho intramolecular Hbond substituents is 1. The number of fused-ring (bicyclic) bond motifs is 9. The summed E-state index contributed by atoms with van der Waals surface area (Å²) in [6.45, 7) is 6.03. The van der Waals surface area contributed by atoms with Crippen molar-refractivity contribution in [2.45, 2.75) is 63.8 Å². The molecule has 0 spiro atoms. The van der Waals surface area contributed by atoms with Crippen LogP contribution in [0.2, 0.25) is 0 Å². The van der Waals surface area contributed by atoms with Crippen molar-refractivity contribution in [2.24, 2.45) is 0 Å².